The molecular weight excluding hydrogens is 236 g/mol. The Hall–Kier alpha value is -2.24. The zero-order valence-corrected chi connectivity index (χ0v) is 10.2. The number of nitrogens with zero attached hydrogens (tertiary/aromatic N) is 2. The summed E-state index contributed by atoms with van der Waals surface area (Å²) in [5.74, 6) is -0.717. The van der Waals surface area contributed by atoms with Gasteiger partial charge in [0, 0.05) is 24.5 Å². The molecule has 0 amide bonds. The maximum atomic E-state index is 11.8. The lowest BCUT2D eigenvalue weighted by atomic mass is 10.2. The molecule has 0 atom stereocenters. The minimum atomic E-state index is -1.10. The van der Waals surface area contributed by atoms with Crippen molar-refractivity contribution in [3.8, 4) is 0 Å². The van der Waals surface area contributed by atoms with E-state index < -0.39 is 5.97 Å². The highest BCUT2D eigenvalue weighted by Crippen LogP contribution is 2.15. The molecular formula is C12H14N2O4. The third-order valence-corrected chi connectivity index (χ3v) is 2.75. The molecule has 1 N–H and O–H groups in total. The first-order valence-corrected chi connectivity index (χ1v) is 5.61. The van der Waals surface area contributed by atoms with Crippen LogP contribution in [0.2, 0.25) is 0 Å². The van der Waals surface area contributed by atoms with E-state index >= 15 is 0 Å². The van der Waals surface area contributed by atoms with Gasteiger partial charge in [0.05, 0.1) is 6.54 Å². The van der Waals surface area contributed by atoms with Crippen molar-refractivity contribution in [3.63, 3.8) is 0 Å². The van der Waals surface area contributed by atoms with Crippen LogP contribution in [0.25, 0.3) is 0 Å². The maximum Gasteiger partial charge on any atom is 0.372 e. The molecule has 0 aliphatic heterocycles. The zero-order valence-electron chi connectivity index (χ0n) is 10.2. The van der Waals surface area contributed by atoms with Crippen molar-refractivity contribution >= 4 is 5.97 Å². The molecule has 6 nitrogen and oxygen atoms in total. The minimum absolute atomic E-state index is 0.0760. The second-order valence-electron chi connectivity index (χ2n) is 4.02. The average Bonchev–Trinajstić information content (AvgIpc) is 2.84. The van der Waals surface area contributed by atoms with E-state index in [1.54, 1.807) is 30.0 Å². The van der Waals surface area contributed by atoms with Crippen molar-refractivity contribution in [2.24, 2.45) is 0 Å². The van der Waals surface area contributed by atoms with E-state index in [-0.39, 0.29) is 18.0 Å². The molecule has 6 heteroatoms. The molecule has 2 rings (SSSR count). The summed E-state index contributed by atoms with van der Waals surface area (Å²) >= 11 is 0. The van der Waals surface area contributed by atoms with Crippen LogP contribution in [0.4, 0.5) is 0 Å². The Kier molecular flexibility index (Phi) is 3.10. The minimum Gasteiger partial charge on any atom is -0.475 e. The second kappa shape index (κ2) is 4.56. The molecule has 0 radical (unpaired) electrons. The maximum absolute atomic E-state index is 11.8. The van der Waals surface area contributed by atoms with Gasteiger partial charge in [0.2, 0.25) is 5.76 Å². The largest absolute Gasteiger partial charge is 0.475 e. The van der Waals surface area contributed by atoms with E-state index in [1.807, 2.05) is 6.92 Å². The number of hydrogen-bond donors (Lipinski definition) is 1. The van der Waals surface area contributed by atoms with Gasteiger partial charge in [0.1, 0.15) is 5.76 Å². The molecule has 2 heterocycles. The number of aromatic carboxylic acids is 1. The highest BCUT2D eigenvalue weighted by molar-refractivity contribution is 5.86. The van der Waals surface area contributed by atoms with Crippen LogP contribution in [-0.4, -0.2) is 20.2 Å². The third-order valence-electron chi connectivity index (χ3n) is 2.75. The average molecular weight is 250 g/mol. The Morgan fingerprint density at radius 2 is 2.06 bits per heavy atom. The van der Waals surface area contributed by atoms with E-state index in [2.05, 4.69) is 0 Å². The highest BCUT2D eigenvalue weighted by atomic mass is 16.4. The topological polar surface area (TPSA) is 77.4 Å². The summed E-state index contributed by atoms with van der Waals surface area (Å²) in [6, 6.07) is 1.64. The van der Waals surface area contributed by atoms with E-state index in [0.717, 1.165) is 0 Å². The first kappa shape index (κ1) is 12.2. The summed E-state index contributed by atoms with van der Waals surface area (Å²) in [7, 11) is 0. The Morgan fingerprint density at radius 1 is 1.39 bits per heavy atom. The number of aromatic nitrogens is 2. The number of imidazole rings is 1. The van der Waals surface area contributed by atoms with E-state index in [4.69, 9.17) is 9.52 Å². The summed E-state index contributed by atoms with van der Waals surface area (Å²) in [5, 5.41) is 8.88. The molecule has 0 aliphatic rings. The number of carboxylic acid groups (broad SMARTS) is 1. The highest BCUT2D eigenvalue weighted by Gasteiger charge is 2.15. The summed E-state index contributed by atoms with van der Waals surface area (Å²) < 4.78 is 8.25. The number of rotatable bonds is 4. The van der Waals surface area contributed by atoms with Crippen LogP contribution in [0, 0.1) is 6.92 Å². The lowest BCUT2D eigenvalue weighted by molar-refractivity contribution is 0.0659. The normalized spacial score (nSPS) is 10.8. The van der Waals surface area contributed by atoms with Gasteiger partial charge in [0.25, 0.3) is 0 Å². The second-order valence-corrected chi connectivity index (χ2v) is 4.02. The van der Waals surface area contributed by atoms with Gasteiger partial charge in [-0.15, -0.1) is 0 Å². The summed E-state index contributed by atoms with van der Waals surface area (Å²) in [6.45, 7) is 4.38. The Balaban J connectivity index is 2.29. The number of aryl methyl sites for hydroxylation is 2. The molecule has 18 heavy (non-hydrogen) atoms. The number of hydrogen-bond acceptors (Lipinski definition) is 3. The van der Waals surface area contributed by atoms with Crippen LogP contribution < -0.4 is 5.69 Å². The van der Waals surface area contributed by atoms with Gasteiger partial charge in [-0.25, -0.2) is 9.59 Å². The fourth-order valence-corrected chi connectivity index (χ4v) is 1.82. The van der Waals surface area contributed by atoms with Crippen molar-refractivity contribution in [3.05, 3.63) is 46.0 Å². The van der Waals surface area contributed by atoms with Gasteiger partial charge in [-0.1, -0.05) is 0 Å². The van der Waals surface area contributed by atoms with Crippen LogP contribution in [0.3, 0.4) is 0 Å². The Morgan fingerprint density at radius 3 is 2.56 bits per heavy atom. The molecule has 0 saturated heterocycles. The lowest BCUT2D eigenvalue weighted by Gasteiger charge is -1.97. The predicted octanol–water partition coefficient (Wildman–Crippen LogP) is 1.32. The van der Waals surface area contributed by atoms with Crippen molar-refractivity contribution in [2.45, 2.75) is 26.9 Å². The standard InChI is InChI=1S/C12H14N2O4/c1-3-13-4-5-14(12(13)17)7-9-6-8(2)10(18-9)11(15)16/h4-6H,3,7H2,1-2H3,(H,15,16). The molecule has 0 aliphatic carbocycles. The van der Waals surface area contributed by atoms with Crippen LogP contribution in [0.15, 0.2) is 27.7 Å². The first-order valence-electron chi connectivity index (χ1n) is 5.61. The van der Waals surface area contributed by atoms with Crippen molar-refractivity contribution in [1.82, 2.24) is 9.13 Å². The molecule has 0 aromatic carbocycles. The zero-order chi connectivity index (χ0) is 13.3. The van der Waals surface area contributed by atoms with E-state index in [1.165, 1.54) is 4.57 Å². The van der Waals surface area contributed by atoms with Gasteiger partial charge in [0.15, 0.2) is 0 Å². The Bertz CT molecular complexity index is 633. The van der Waals surface area contributed by atoms with Gasteiger partial charge in [-0.3, -0.25) is 9.13 Å². The van der Waals surface area contributed by atoms with Gasteiger partial charge < -0.3 is 9.52 Å². The van der Waals surface area contributed by atoms with E-state index in [9.17, 15) is 9.59 Å². The molecule has 2 aromatic heterocycles. The SMILES string of the molecule is CCn1ccn(Cc2cc(C)c(C(=O)O)o2)c1=O. The van der Waals surface area contributed by atoms with Crippen molar-refractivity contribution in [2.75, 3.05) is 0 Å². The quantitative estimate of drug-likeness (QED) is 0.887. The molecule has 0 saturated carbocycles. The smallest absolute Gasteiger partial charge is 0.372 e. The monoisotopic (exact) mass is 250 g/mol. The molecule has 0 fully saturated rings. The number of carboxylic acids is 1. The van der Waals surface area contributed by atoms with Crippen LogP contribution in [0.1, 0.15) is 28.8 Å². The molecule has 0 bridgehead atoms. The fourth-order valence-electron chi connectivity index (χ4n) is 1.82. The number of furan rings is 1. The summed E-state index contributed by atoms with van der Waals surface area (Å²) in [5.41, 5.74) is 0.420. The Labute approximate surface area is 103 Å². The summed E-state index contributed by atoms with van der Waals surface area (Å²) in [4.78, 5) is 22.6. The lowest BCUT2D eigenvalue weighted by Crippen LogP contribution is -2.23. The molecule has 0 spiro atoms. The van der Waals surface area contributed by atoms with E-state index in [0.29, 0.717) is 17.9 Å². The van der Waals surface area contributed by atoms with Crippen molar-refractivity contribution < 1.29 is 14.3 Å². The number of carbonyl (C=O) groups is 1. The summed E-state index contributed by atoms with van der Waals surface area (Å²) in [6.07, 6.45) is 3.35. The first-order chi connectivity index (χ1) is 8.52. The predicted molar refractivity (Wildman–Crippen MR) is 63.9 cm³/mol. The fraction of sp³-hybridized carbons (Fsp3) is 0.333. The van der Waals surface area contributed by atoms with Gasteiger partial charge in [-0.05, 0) is 19.9 Å². The van der Waals surface area contributed by atoms with Crippen LogP contribution in [-0.2, 0) is 13.1 Å². The molecule has 96 valence electrons. The van der Waals surface area contributed by atoms with Crippen molar-refractivity contribution in [1.29, 1.82) is 0 Å². The third kappa shape index (κ3) is 2.09. The van der Waals surface area contributed by atoms with Gasteiger partial charge >= 0.3 is 11.7 Å². The van der Waals surface area contributed by atoms with Crippen LogP contribution in [0.5, 0.6) is 0 Å². The molecule has 2 aromatic rings. The van der Waals surface area contributed by atoms with Gasteiger partial charge in [-0.2, -0.15) is 0 Å². The molecule has 0 unspecified atom stereocenters. The van der Waals surface area contributed by atoms with Crippen LogP contribution >= 0.6 is 0 Å².